The Bertz CT molecular complexity index is 445. The number of rotatable bonds is 3. The van der Waals surface area contributed by atoms with Gasteiger partial charge in [-0.1, -0.05) is 26.7 Å². The first-order valence-corrected chi connectivity index (χ1v) is 8.43. The van der Waals surface area contributed by atoms with Crippen molar-refractivity contribution in [3.8, 4) is 0 Å². The number of nitrogens with zero attached hydrogens (tertiary/aromatic N) is 3. The predicted octanol–water partition coefficient (Wildman–Crippen LogP) is 3.00. The molecule has 1 aromatic heterocycles. The molecule has 3 rings (SSSR count). The zero-order valence-corrected chi connectivity index (χ0v) is 13.4. The topological polar surface area (TPSA) is 41.0 Å². The molecule has 4 heteroatoms. The van der Waals surface area contributed by atoms with E-state index in [0.29, 0.717) is 17.5 Å². The smallest absolute Gasteiger partial charge is 0.225 e. The van der Waals surface area contributed by atoms with Crippen LogP contribution in [0, 0.1) is 5.41 Å². The molecule has 1 aliphatic heterocycles. The fourth-order valence-corrected chi connectivity index (χ4v) is 3.84. The summed E-state index contributed by atoms with van der Waals surface area (Å²) in [5.41, 5.74) is 0.434. The summed E-state index contributed by atoms with van der Waals surface area (Å²) in [6.07, 6.45) is 11.6. The van der Waals surface area contributed by atoms with Gasteiger partial charge in [0.05, 0.1) is 0 Å². The van der Waals surface area contributed by atoms with Crippen LogP contribution < -0.4 is 10.2 Å². The lowest BCUT2D eigenvalue weighted by Gasteiger charge is -2.43. The molecule has 116 valence electrons. The van der Waals surface area contributed by atoms with Gasteiger partial charge < -0.3 is 10.2 Å². The Morgan fingerprint density at radius 2 is 1.95 bits per heavy atom. The molecule has 1 saturated heterocycles. The minimum atomic E-state index is 0.434. The second-order valence-electron chi connectivity index (χ2n) is 7.29. The average molecular weight is 288 g/mol. The summed E-state index contributed by atoms with van der Waals surface area (Å²) in [6.45, 7) is 6.96. The van der Waals surface area contributed by atoms with Gasteiger partial charge in [-0.3, -0.25) is 0 Å². The van der Waals surface area contributed by atoms with Crippen LogP contribution >= 0.6 is 0 Å². The van der Waals surface area contributed by atoms with Crippen molar-refractivity contribution in [3.63, 3.8) is 0 Å². The van der Waals surface area contributed by atoms with Gasteiger partial charge in [-0.15, -0.1) is 0 Å². The van der Waals surface area contributed by atoms with Crippen molar-refractivity contribution >= 4 is 5.95 Å². The van der Waals surface area contributed by atoms with E-state index in [9.17, 15) is 0 Å². The highest BCUT2D eigenvalue weighted by Crippen LogP contribution is 2.36. The van der Waals surface area contributed by atoms with Crippen LogP contribution in [0.5, 0.6) is 0 Å². The third-order valence-electron chi connectivity index (χ3n) is 5.20. The van der Waals surface area contributed by atoms with E-state index < -0.39 is 0 Å². The van der Waals surface area contributed by atoms with Crippen molar-refractivity contribution in [3.05, 3.63) is 18.5 Å². The van der Waals surface area contributed by atoms with Gasteiger partial charge in [-0.05, 0) is 37.2 Å². The molecule has 4 nitrogen and oxygen atoms in total. The number of hydrogen-bond acceptors (Lipinski definition) is 4. The lowest BCUT2D eigenvalue weighted by atomic mass is 9.73. The van der Waals surface area contributed by atoms with Crippen molar-refractivity contribution in [1.29, 1.82) is 0 Å². The van der Waals surface area contributed by atoms with Gasteiger partial charge >= 0.3 is 0 Å². The molecule has 0 amide bonds. The highest BCUT2D eigenvalue weighted by molar-refractivity contribution is 5.29. The molecule has 1 aliphatic carbocycles. The Labute approximate surface area is 128 Å². The third-order valence-corrected chi connectivity index (χ3v) is 5.20. The van der Waals surface area contributed by atoms with Crippen LogP contribution in [0.3, 0.4) is 0 Å². The quantitative estimate of drug-likeness (QED) is 0.928. The van der Waals surface area contributed by atoms with E-state index in [-0.39, 0.29) is 0 Å². The van der Waals surface area contributed by atoms with Crippen molar-refractivity contribution in [1.82, 2.24) is 15.3 Å². The molecule has 1 aromatic rings. The van der Waals surface area contributed by atoms with Gasteiger partial charge in [0.25, 0.3) is 0 Å². The first-order chi connectivity index (χ1) is 10.1. The van der Waals surface area contributed by atoms with E-state index in [0.717, 1.165) is 19.0 Å². The second-order valence-corrected chi connectivity index (χ2v) is 7.29. The van der Waals surface area contributed by atoms with Crippen LogP contribution in [0.2, 0.25) is 0 Å². The van der Waals surface area contributed by atoms with E-state index in [1.54, 1.807) is 0 Å². The maximum Gasteiger partial charge on any atom is 0.225 e. The van der Waals surface area contributed by atoms with Crippen molar-refractivity contribution in [2.75, 3.05) is 18.0 Å². The first-order valence-electron chi connectivity index (χ1n) is 8.43. The summed E-state index contributed by atoms with van der Waals surface area (Å²) in [5, 5.41) is 3.95. The molecule has 0 bridgehead atoms. The zero-order chi connectivity index (χ0) is 14.7. The molecule has 2 aliphatic rings. The number of anilines is 1. The SMILES string of the molecule is CC1(C)CCCCC1NC1CCCN(c2ncccn2)C1. The molecule has 0 spiro atoms. The molecular weight excluding hydrogens is 260 g/mol. The van der Waals surface area contributed by atoms with Crippen LogP contribution in [0.15, 0.2) is 18.5 Å². The molecule has 21 heavy (non-hydrogen) atoms. The highest BCUT2D eigenvalue weighted by Gasteiger charge is 2.34. The van der Waals surface area contributed by atoms with E-state index in [1.165, 1.54) is 38.5 Å². The molecule has 0 radical (unpaired) electrons. The Balaban J connectivity index is 1.61. The van der Waals surface area contributed by atoms with E-state index in [4.69, 9.17) is 0 Å². The Morgan fingerprint density at radius 1 is 1.14 bits per heavy atom. The minimum Gasteiger partial charge on any atom is -0.339 e. The van der Waals surface area contributed by atoms with Crippen molar-refractivity contribution in [2.45, 2.75) is 64.5 Å². The van der Waals surface area contributed by atoms with Gasteiger partial charge in [-0.25, -0.2) is 9.97 Å². The lowest BCUT2D eigenvalue weighted by Crippen LogP contribution is -2.54. The van der Waals surface area contributed by atoms with Gasteiger partial charge in [0.1, 0.15) is 0 Å². The molecule has 1 saturated carbocycles. The summed E-state index contributed by atoms with van der Waals surface area (Å²) in [4.78, 5) is 11.1. The monoisotopic (exact) mass is 288 g/mol. The zero-order valence-electron chi connectivity index (χ0n) is 13.4. The van der Waals surface area contributed by atoms with Gasteiger partial charge in [0.2, 0.25) is 5.95 Å². The fraction of sp³-hybridized carbons (Fsp3) is 0.765. The number of hydrogen-bond donors (Lipinski definition) is 1. The third kappa shape index (κ3) is 3.54. The molecule has 1 N–H and O–H groups in total. The minimum absolute atomic E-state index is 0.434. The highest BCUT2D eigenvalue weighted by atomic mass is 15.3. The number of piperidine rings is 1. The molecule has 2 fully saturated rings. The number of nitrogens with one attached hydrogen (secondary N) is 1. The maximum absolute atomic E-state index is 4.40. The summed E-state index contributed by atoms with van der Waals surface area (Å²) >= 11 is 0. The van der Waals surface area contributed by atoms with Crippen LogP contribution in [0.1, 0.15) is 52.4 Å². The standard InChI is InChI=1S/C17H28N4/c1-17(2)9-4-3-8-15(17)20-14-7-5-12-21(13-14)16-18-10-6-11-19-16/h6,10-11,14-15,20H,3-5,7-9,12-13H2,1-2H3. The molecule has 2 unspecified atom stereocenters. The van der Waals surface area contributed by atoms with E-state index >= 15 is 0 Å². The van der Waals surface area contributed by atoms with Crippen molar-refractivity contribution in [2.24, 2.45) is 5.41 Å². The predicted molar refractivity (Wildman–Crippen MR) is 86.4 cm³/mol. The lowest BCUT2D eigenvalue weighted by molar-refractivity contribution is 0.151. The summed E-state index contributed by atoms with van der Waals surface area (Å²) in [5.74, 6) is 0.881. The van der Waals surface area contributed by atoms with Crippen LogP contribution in [-0.2, 0) is 0 Å². The first kappa shape index (κ1) is 14.8. The van der Waals surface area contributed by atoms with E-state index in [2.05, 4.69) is 34.0 Å². The van der Waals surface area contributed by atoms with Gasteiger partial charge in [0, 0.05) is 37.6 Å². The molecular formula is C17H28N4. The summed E-state index contributed by atoms with van der Waals surface area (Å²) < 4.78 is 0. The Hall–Kier alpha value is -1.16. The number of aromatic nitrogens is 2. The second kappa shape index (κ2) is 6.30. The summed E-state index contributed by atoms with van der Waals surface area (Å²) in [6, 6.07) is 3.12. The molecule has 0 aromatic carbocycles. The van der Waals surface area contributed by atoms with Gasteiger partial charge in [-0.2, -0.15) is 0 Å². The Morgan fingerprint density at radius 3 is 2.71 bits per heavy atom. The summed E-state index contributed by atoms with van der Waals surface area (Å²) in [7, 11) is 0. The Kier molecular flexibility index (Phi) is 4.43. The van der Waals surface area contributed by atoms with E-state index in [1.807, 2.05) is 18.5 Å². The fourth-order valence-electron chi connectivity index (χ4n) is 3.84. The van der Waals surface area contributed by atoms with Crippen LogP contribution in [-0.4, -0.2) is 35.1 Å². The average Bonchev–Trinajstić information content (AvgIpc) is 2.51. The van der Waals surface area contributed by atoms with Crippen molar-refractivity contribution < 1.29 is 0 Å². The van der Waals surface area contributed by atoms with Crippen LogP contribution in [0.4, 0.5) is 5.95 Å². The maximum atomic E-state index is 4.40. The molecule has 2 heterocycles. The van der Waals surface area contributed by atoms with Crippen LogP contribution in [0.25, 0.3) is 0 Å². The molecule has 2 atom stereocenters. The normalized spacial score (nSPS) is 29.3. The largest absolute Gasteiger partial charge is 0.339 e. The van der Waals surface area contributed by atoms with Gasteiger partial charge in [0.15, 0.2) is 0 Å².